The molecule has 0 fully saturated rings. The number of aliphatic hydroxyl groups excluding tert-OH is 1. The van der Waals surface area contributed by atoms with Crippen LogP contribution in [-0.4, -0.2) is 70.7 Å². The SMILES string of the molecule is CCCCCCCC.CNc1cc(C)c(CN/C=C(\O)c2ccc(O)c3[nH]c(=O)ccc23)c(C)c1.C[C@](O)(CCNCCN)C1C=CC(Sc2cccc(OCCC=O)c2)CC1. The van der Waals surface area contributed by atoms with Gasteiger partial charge in [0, 0.05) is 78.1 Å². The summed E-state index contributed by atoms with van der Waals surface area (Å²) in [4.78, 5) is 25.6. The van der Waals surface area contributed by atoms with E-state index in [1.807, 2.05) is 43.9 Å². The van der Waals surface area contributed by atoms with Crippen LogP contribution in [0.1, 0.15) is 107 Å². The van der Waals surface area contributed by atoms with Gasteiger partial charge in [-0.1, -0.05) is 70.6 Å². The van der Waals surface area contributed by atoms with Crippen LogP contribution in [0.5, 0.6) is 11.5 Å². The Morgan fingerprint density at radius 3 is 2.34 bits per heavy atom. The number of nitrogens with two attached hydrogens (primary N) is 1. The zero-order chi connectivity index (χ0) is 45.3. The van der Waals surface area contributed by atoms with E-state index in [9.17, 15) is 24.9 Å². The Hall–Kier alpha value is -4.75. The van der Waals surface area contributed by atoms with Crippen molar-refractivity contribution in [1.82, 2.24) is 15.6 Å². The molecule has 0 bridgehead atoms. The van der Waals surface area contributed by atoms with Gasteiger partial charge in [0.1, 0.15) is 23.5 Å². The van der Waals surface area contributed by atoms with Crippen LogP contribution in [0.2, 0.25) is 0 Å². The Bertz CT molecular complexity index is 2040. The highest BCUT2D eigenvalue weighted by molar-refractivity contribution is 8.00. The van der Waals surface area contributed by atoms with Gasteiger partial charge < -0.3 is 51.5 Å². The molecular formula is C50H73N5O6S. The minimum atomic E-state index is -0.694. The van der Waals surface area contributed by atoms with Gasteiger partial charge in [-0.05, 0) is 112 Å². The lowest BCUT2D eigenvalue weighted by molar-refractivity contribution is -0.108. The molecule has 0 saturated heterocycles. The number of hydrogen-bond acceptors (Lipinski definition) is 11. The number of phenols is 1. The number of anilines is 1. The summed E-state index contributed by atoms with van der Waals surface area (Å²) in [6, 6.07) is 18.2. The molecule has 62 heavy (non-hydrogen) atoms. The predicted molar refractivity (Wildman–Crippen MR) is 259 cm³/mol. The van der Waals surface area contributed by atoms with E-state index in [0.717, 1.165) is 71.7 Å². The lowest BCUT2D eigenvalue weighted by atomic mass is 9.80. The summed E-state index contributed by atoms with van der Waals surface area (Å²) in [6.07, 6.45) is 18.4. The highest BCUT2D eigenvalue weighted by Crippen LogP contribution is 2.37. The monoisotopic (exact) mass is 872 g/mol. The van der Waals surface area contributed by atoms with Gasteiger partial charge in [0.2, 0.25) is 5.56 Å². The van der Waals surface area contributed by atoms with E-state index in [4.69, 9.17) is 10.5 Å². The second-order valence-electron chi connectivity index (χ2n) is 16.1. The molecule has 4 aromatic rings. The molecule has 0 spiro atoms. The molecule has 12 heteroatoms. The maximum atomic E-state index is 11.5. The van der Waals surface area contributed by atoms with Crippen molar-refractivity contribution in [3.8, 4) is 11.5 Å². The number of aldehydes is 1. The molecule has 3 aromatic carbocycles. The number of H-pyrrole nitrogens is 1. The fourth-order valence-corrected chi connectivity index (χ4v) is 8.37. The summed E-state index contributed by atoms with van der Waals surface area (Å²) in [7, 11) is 1.89. The van der Waals surface area contributed by atoms with Crippen LogP contribution in [0.4, 0.5) is 5.69 Å². The van der Waals surface area contributed by atoms with Crippen LogP contribution in [0.3, 0.4) is 0 Å². The first-order chi connectivity index (χ1) is 29.9. The zero-order valence-electron chi connectivity index (χ0n) is 37.9. The number of benzene rings is 3. The van der Waals surface area contributed by atoms with Gasteiger partial charge in [0.15, 0.2) is 0 Å². The second-order valence-corrected chi connectivity index (χ2v) is 17.4. The van der Waals surface area contributed by atoms with Crippen molar-refractivity contribution in [1.29, 1.82) is 0 Å². The number of aryl methyl sites for hydroxylation is 2. The van der Waals surface area contributed by atoms with E-state index >= 15 is 0 Å². The highest BCUT2D eigenvalue weighted by Gasteiger charge is 2.32. The molecule has 0 amide bonds. The lowest BCUT2D eigenvalue weighted by Crippen LogP contribution is -2.39. The molecule has 340 valence electrons. The number of aromatic hydroxyl groups is 1. The number of unbranched alkanes of at least 4 members (excludes halogenated alkanes) is 5. The molecule has 0 radical (unpaired) electrons. The number of carbonyl (C=O) groups excluding carboxylic acids is 1. The van der Waals surface area contributed by atoms with Crippen molar-refractivity contribution in [2.75, 3.05) is 38.6 Å². The Kier molecular flexibility index (Phi) is 23.3. The number of fused-ring (bicyclic) bond motifs is 1. The zero-order valence-corrected chi connectivity index (χ0v) is 38.7. The maximum absolute atomic E-state index is 11.5. The number of pyridine rings is 1. The summed E-state index contributed by atoms with van der Waals surface area (Å²) in [6.45, 7) is 13.7. The third kappa shape index (κ3) is 17.6. The van der Waals surface area contributed by atoms with Crippen molar-refractivity contribution in [3.05, 3.63) is 112 Å². The number of phenolic OH excluding ortho intramolecular Hbond substituents is 1. The molecule has 0 aliphatic heterocycles. The van der Waals surface area contributed by atoms with Gasteiger partial charge in [-0.15, -0.1) is 11.8 Å². The van der Waals surface area contributed by atoms with E-state index < -0.39 is 5.60 Å². The molecule has 3 atom stereocenters. The van der Waals surface area contributed by atoms with Gasteiger partial charge in [0.25, 0.3) is 0 Å². The van der Waals surface area contributed by atoms with Gasteiger partial charge in [-0.2, -0.15) is 0 Å². The van der Waals surface area contributed by atoms with Crippen molar-refractivity contribution in [3.63, 3.8) is 0 Å². The summed E-state index contributed by atoms with van der Waals surface area (Å²) < 4.78 is 5.58. The van der Waals surface area contributed by atoms with Gasteiger partial charge in [0.05, 0.1) is 17.7 Å². The molecule has 11 nitrogen and oxygen atoms in total. The van der Waals surface area contributed by atoms with E-state index in [-0.39, 0.29) is 23.0 Å². The fourth-order valence-electron chi connectivity index (χ4n) is 7.26. The Labute approximate surface area is 374 Å². The van der Waals surface area contributed by atoms with Crippen LogP contribution < -0.4 is 32.0 Å². The average Bonchev–Trinajstić information content (AvgIpc) is 3.26. The number of aliphatic hydroxyl groups is 2. The van der Waals surface area contributed by atoms with Crippen LogP contribution >= 0.6 is 11.8 Å². The summed E-state index contributed by atoms with van der Waals surface area (Å²) in [5, 5.41) is 41.7. The van der Waals surface area contributed by atoms with Crippen LogP contribution in [-0.2, 0) is 11.3 Å². The normalized spacial score (nSPS) is 15.7. The first-order valence-corrected chi connectivity index (χ1v) is 23.2. The molecule has 1 aliphatic rings. The van der Waals surface area contributed by atoms with Crippen molar-refractivity contribution < 1.29 is 24.9 Å². The van der Waals surface area contributed by atoms with Crippen molar-refractivity contribution in [2.24, 2.45) is 11.7 Å². The number of aromatic amines is 1. The third-order valence-corrected chi connectivity index (χ3v) is 12.2. The van der Waals surface area contributed by atoms with Crippen molar-refractivity contribution >= 4 is 40.4 Å². The molecule has 1 aromatic heterocycles. The molecular weight excluding hydrogens is 799 g/mol. The molecule has 9 N–H and O–H groups in total. The molecule has 1 aliphatic carbocycles. The summed E-state index contributed by atoms with van der Waals surface area (Å²) in [5.74, 6) is 0.969. The van der Waals surface area contributed by atoms with E-state index in [1.165, 1.54) is 56.9 Å². The Morgan fingerprint density at radius 1 is 0.984 bits per heavy atom. The number of rotatable bonds is 22. The molecule has 5 rings (SSSR count). The standard InChI is InChI=1S/C21H23N3O3.C21H32N2O3S.C8H18/c1-12-8-14(22-3)9-13(2)17(12)10-23-11-19(26)15-4-6-18(25)21-16(15)5-7-20(27)24-21;1-21(25,10-12-23-13-11-22)17-6-8-19(9-7-17)27-20-5-2-4-18(16-20)26-15-3-14-24;1-3-5-7-8-6-4-2/h4-9,11,22-23,25-26H,10H2,1-3H3,(H,24,27);2,4-6,8,14,16-17,19,23,25H,3,7,9-13,15,22H2,1H3;3-8H2,1-2H3/b19-11-;;/t;17?,19?,21-;/m.0./s1. The number of aromatic nitrogens is 1. The topological polar surface area (TPSA) is 182 Å². The number of nitrogens with one attached hydrogen (secondary N) is 4. The second kappa shape index (κ2) is 28.0. The fraction of sp³-hybridized carbons (Fsp3) is 0.480. The molecule has 0 saturated carbocycles. The highest BCUT2D eigenvalue weighted by atomic mass is 32.2. The van der Waals surface area contributed by atoms with Crippen LogP contribution in [0, 0.1) is 19.8 Å². The first-order valence-electron chi connectivity index (χ1n) is 22.3. The quantitative estimate of drug-likeness (QED) is 0.0163. The Balaban J connectivity index is 0.000000281. The largest absolute Gasteiger partial charge is 0.506 e. The first kappa shape index (κ1) is 51.6. The van der Waals surface area contributed by atoms with Gasteiger partial charge >= 0.3 is 0 Å². The maximum Gasteiger partial charge on any atom is 0.248 e. The minimum absolute atomic E-state index is 0.0224. The number of thioether (sulfide) groups is 1. The smallest absolute Gasteiger partial charge is 0.248 e. The number of hydrogen-bond donors (Lipinski definition) is 8. The van der Waals surface area contributed by atoms with Crippen molar-refractivity contribution in [2.45, 2.75) is 121 Å². The molecule has 2 unspecified atom stereocenters. The lowest BCUT2D eigenvalue weighted by Gasteiger charge is -2.34. The van der Waals surface area contributed by atoms with Gasteiger partial charge in [-0.3, -0.25) is 4.79 Å². The number of carbonyl (C=O) groups is 1. The Morgan fingerprint density at radius 2 is 1.71 bits per heavy atom. The number of ether oxygens (including phenoxy) is 1. The van der Waals surface area contributed by atoms with Crippen LogP contribution in [0.25, 0.3) is 16.7 Å². The minimum Gasteiger partial charge on any atom is -0.506 e. The van der Waals surface area contributed by atoms with E-state index in [0.29, 0.717) is 47.8 Å². The van der Waals surface area contributed by atoms with Gasteiger partial charge in [-0.25, -0.2) is 0 Å². The average molecular weight is 872 g/mol. The third-order valence-electron chi connectivity index (χ3n) is 11.0. The summed E-state index contributed by atoms with van der Waals surface area (Å²) in [5.41, 5.74) is 9.84. The van der Waals surface area contributed by atoms with E-state index in [1.54, 1.807) is 12.1 Å². The van der Waals surface area contributed by atoms with Crippen LogP contribution in [0.15, 0.2) is 88.7 Å². The summed E-state index contributed by atoms with van der Waals surface area (Å²) >= 11 is 1.81. The predicted octanol–water partition coefficient (Wildman–Crippen LogP) is 9.68. The molecule has 1 heterocycles. The van der Waals surface area contributed by atoms with E-state index in [2.05, 4.69) is 79.0 Å².